The van der Waals surface area contributed by atoms with Gasteiger partial charge in [0.15, 0.2) is 11.5 Å². The van der Waals surface area contributed by atoms with Crippen LogP contribution in [0.2, 0.25) is 0 Å². The van der Waals surface area contributed by atoms with Crippen LogP contribution < -0.4 is 14.8 Å². The zero-order valence-corrected chi connectivity index (χ0v) is 14.2. The molecule has 2 amide bonds. The van der Waals surface area contributed by atoms with Gasteiger partial charge >= 0.3 is 6.03 Å². The van der Waals surface area contributed by atoms with Crippen LogP contribution in [0.25, 0.3) is 0 Å². The number of benzene rings is 1. The Hall–Kier alpha value is -1.47. The van der Waals surface area contributed by atoms with Crippen molar-refractivity contribution in [3.63, 3.8) is 0 Å². The number of halogens is 1. The van der Waals surface area contributed by atoms with Gasteiger partial charge in [-0.15, -0.1) is 0 Å². The van der Waals surface area contributed by atoms with Crippen molar-refractivity contribution in [3.05, 3.63) is 16.6 Å². The number of urea groups is 1. The molecule has 0 radical (unpaired) electrons. The first-order valence-electron chi connectivity index (χ1n) is 7.33. The van der Waals surface area contributed by atoms with E-state index in [1.165, 1.54) is 0 Å². The number of amides is 2. The summed E-state index contributed by atoms with van der Waals surface area (Å²) in [5, 5.41) is 2.92. The molecule has 3 rings (SSSR count). The molecule has 0 spiro atoms. The zero-order valence-electron chi connectivity index (χ0n) is 12.6. The predicted molar refractivity (Wildman–Crippen MR) is 85.7 cm³/mol. The molecule has 1 N–H and O–H groups in total. The van der Waals surface area contributed by atoms with Crippen molar-refractivity contribution in [2.75, 3.05) is 31.6 Å². The third-order valence-electron chi connectivity index (χ3n) is 3.58. The second-order valence-electron chi connectivity index (χ2n) is 5.57. The van der Waals surface area contributed by atoms with Gasteiger partial charge in [0.1, 0.15) is 13.2 Å². The van der Waals surface area contributed by atoms with Crippen LogP contribution in [0.5, 0.6) is 11.5 Å². The van der Waals surface area contributed by atoms with Crippen molar-refractivity contribution < 1.29 is 19.0 Å². The van der Waals surface area contributed by atoms with Gasteiger partial charge in [-0.25, -0.2) is 4.79 Å². The first-order chi connectivity index (χ1) is 10.5. The maximum Gasteiger partial charge on any atom is 0.322 e. The molecule has 0 bridgehead atoms. The Morgan fingerprint density at radius 2 is 1.77 bits per heavy atom. The molecule has 1 saturated heterocycles. The summed E-state index contributed by atoms with van der Waals surface area (Å²) in [7, 11) is 0. The fourth-order valence-electron chi connectivity index (χ4n) is 2.70. The fourth-order valence-corrected chi connectivity index (χ4v) is 3.12. The summed E-state index contributed by atoms with van der Waals surface area (Å²) in [6.45, 7) is 6.15. The lowest BCUT2D eigenvalue weighted by Crippen LogP contribution is -2.49. The van der Waals surface area contributed by atoms with E-state index in [0.717, 1.165) is 4.47 Å². The Morgan fingerprint density at radius 1 is 1.18 bits per heavy atom. The Labute approximate surface area is 137 Å². The maximum absolute atomic E-state index is 12.4. The molecule has 1 aromatic rings. The number of anilines is 1. The molecule has 0 aromatic heterocycles. The average Bonchev–Trinajstić information content (AvgIpc) is 2.47. The van der Waals surface area contributed by atoms with E-state index in [9.17, 15) is 4.79 Å². The van der Waals surface area contributed by atoms with Crippen molar-refractivity contribution in [2.45, 2.75) is 26.1 Å². The number of nitrogens with zero attached hydrogens (tertiary/aromatic N) is 1. The van der Waals surface area contributed by atoms with Crippen molar-refractivity contribution in [3.8, 4) is 11.5 Å². The third-order valence-corrected chi connectivity index (χ3v) is 4.24. The Bertz CT molecular complexity index is 571. The van der Waals surface area contributed by atoms with Gasteiger partial charge in [-0.3, -0.25) is 0 Å². The minimum Gasteiger partial charge on any atom is -0.486 e. The Kier molecular flexibility index (Phi) is 4.44. The second kappa shape index (κ2) is 6.34. The number of carbonyl (C=O) groups is 1. The highest BCUT2D eigenvalue weighted by atomic mass is 79.9. The predicted octanol–water partition coefficient (Wildman–Crippen LogP) is 2.86. The molecule has 0 unspecified atom stereocenters. The van der Waals surface area contributed by atoms with Crippen LogP contribution in [0.1, 0.15) is 13.8 Å². The van der Waals surface area contributed by atoms with Crippen molar-refractivity contribution in [1.29, 1.82) is 0 Å². The summed E-state index contributed by atoms with van der Waals surface area (Å²) in [5.74, 6) is 1.33. The minimum atomic E-state index is -0.139. The van der Waals surface area contributed by atoms with E-state index in [-0.39, 0.29) is 18.2 Å². The van der Waals surface area contributed by atoms with Gasteiger partial charge < -0.3 is 24.4 Å². The van der Waals surface area contributed by atoms with Gasteiger partial charge in [0.25, 0.3) is 0 Å². The molecule has 1 aromatic carbocycles. The number of hydrogen-bond acceptors (Lipinski definition) is 4. The standard InChI is InChI=1S/C15H19BrN2O4/c1-9-7-18(8-10(2)22-9)15(19)17-12-6-14-13(5-11(12)16)20-3-4-21-14/h5-6,9-10H,3-4,7-8H2,1-2H3,(H,17,19)/t9-,10+. The number of carbonyl (C=O) groups excluding carboxylic acids is 1. The summed E-state index contributed by atoms with van der Waals surface area (Å²) in [4.78, 5) is 14.2. The molecular weight excluding hydrogens is 352 g/mol. The molecule has 2 atom stereocenters. The number of hydrogen-bond donors (Lipinski definition) is 1. The van der Waals surface area contributed by atoms with Crippen LogP contribution >= 0.6 is 15.9 Å². The van der Waals surface area contributed by atoms with Crippen LogP contribution in [0.15, 0.2) is 16.6 Å². The highest BCUT2D eigenvalue weighted by molar-refractivity contribution is 9.10. The number of nitrogens with one attached hydrogen (secondary N) is 1. The largest absolute Gasteiger partial charge is 0.486 e. The molecule has 0 saturated carbocycles. The minimum absolute atomic E-state index is 0.0400. The molecule has 0 aliphatic carbocycles. The number of morpholine rings is 1. The van der Waals surface area contributed by atoms with Gasteiger partial charge in [0.05, 0.1) is 17.9 Å². The summed E-state index contributed by atoms with van der Waals surface area (Å²) < 4.78 is 17.5. The lowest BCUT2D eigenvalue weighted by atomic mass is 10.2. The number of rotatable bonds is 1. The number of fused-ring (bicyclic) bond motifs is 1. The molecule has 120 valence electrons. The quantitative estimate of drug-likeness (QED) is 0.825. The molecule has 7 heteroatoms. The van der Waals surface area contributed by atoms with Gasteiger partial charge in [0, 0.05) is 29.7 Å². The first kappa shape index (κ1) is 15.4. The van der Waals surface area contributed by atoms with Crippen LogP contribution in [-0.2, 0) is 4.74 Å². The normalized spacial score (nSPS) is 24.0. The van der Waals surface area contributed by atoms with Crippen molar-refractivity contribution in [2.24, 2.45) is 0 Å². The topological polar surface area (TPSA) is 60.0 Å². The van der Waals surface area contributed by atoms with E-state index in [1.54, 1.807) is 11.0 Å². The summed E-state index contributed by atoms with van der Waals surface area (Å²) in [5.41, 5.74) is 0.668. The van der Waals surface area contributed by atoms with Crippen LogP contribution in [0.4, 0.5) is 10.5 Å². The third kappa shape index (κ3) is 3.30. The molecular formula is C15H19BrN2O4. The first-order valence-corrected chi connectivity index (χ1v) is 8.13. The maximum atomic E-state index is 12.4. The SMILES string of the molecule is C[C@@H]1CN(C(=O)Nc2cc3c(cc2Br)OCCO3)C[C@H](C)O1. The lowest BCUT2D eigenvalue weighted by Gasteiger charge is -2.35. The molecule has 2 heterocycles. The number of ether oxygens (including phenoxy) is 3. The van der Waals surface area contributed by atoms with E-state index in [2.05, 4.69) is 21.2 Å². The van der Waals surface area contributed by atoms with E-state index in [4.69, 9.17) is 14.2 Å². The summed E-state index contributed by atoms with van der Waals surface area (Å²) >= 11 is 3.46. The van der Waals surface area contributed by atoms with Crippen LogP contribution in [0.3, 0.4) is 0 Å². The van der Waals surface area contributed by atoms with Crippen molar-refractivity contribution in [1.82, 2.24) is 4.90 Å². The van der Waals surface area contributed by atoms with Gasteiger partial charge in [-0.05, 0) is 29.8 Å². The van der Waals surface area contributed by atoms with Gasteiger partial charge in [-0.1, -0.05) is 0 Å². The van der Waals surface area contributed by atoms with Crippen molar-refractivity contribution >= 4 is 27.6 Å². The highest BCUT2D eigenvalue weighted by Crippen LogP contribution is 2.38. The summed E-state index contributed by atoms with van der Waals surface area (Å²) in [6, 6.07) is 3.46. The fraction of sp³-hybridized carbons (Fsp3) is 0.533. The van der Waals surface area contributed by atoms with Gasteiger partial charge in [0.2, 0.25) is 0 Å². The molecule has 2 aliphatic rings. The molecule has 2 aliphatic heterocycles. The Morgan fingerprint density at radius 3 is 2.41 bits per heavy atom. The Balaban J connectivity index is 1.73. The van der Waals surface area contributed by atoms with E-state index >= 15 is 0 Å². The monoisotopic (exact) mass is 370 g/mol. The van der Waals surface area contributed by atoms with E-state index in [1.807, 2.05) is 19.9 Å². The van der Waals surface area contributed by atoms with Crippen LogP contribution in [-0.4, -0.2) is 49.4 Å². The van der Waals surface area contributed by atoms with E-state index in [0.29, 0.717) is 43.5 Å². The zero-order chi connectivity index (χ0) is 15.7. The molecule has 6 nitrogen and oxygen atoms in total. The molecule has 1 fully saturated rings. The highest BCUT2D eigenvalue weighted by Gasteiger charge is 2.26. The average molecular weight is 371 g/mol. The van der Waals surface area contributed by atoms with E-state index < -0.39 is 0 Å². The van der Waals surface area contributed by atoms with Gasteiger partial charge in [-0.2, -0.15) is 0 Å². The lowest BCUT2D eigenvalue weighted by molar-refractivity contribution is -0.0530. The summed E-state index contributed by atoms with van der Waals surface area (Å²) in [6.07, 6.45) is 0.0800. The smallest absolute Gasteiger partial charge is 0.322 e. The van der Waals surface area contributed by atoms with Crippen LogP contribution in [0, 0.1) is 0 Å². The second-order valence-corrected chi connectivity index (χ2v) is 6.42. The molecule has 22 heavy (non-hydrogen) atoms.